The Kier molecular flexibility index (Phi) is 4.96. The van der Waals surface area contributed by atoms with Crippen LogP contribution in [-0.2, 0) is 22.9 Å². The fourth-order valence-corrected chi connectivity index (χ4v) is 2.06. The van der Waals surface area contributed by atoms with E-state index in [2.05, 4.69) is 0 Å². The summed E-state index contributed by atoms with van der Waals surface area (Å²) in [6.07, 6.45) is 1.18. The lowest BCUT2D eigenvalue weighted by atomic mass is 10.0. The maximum atomic E-state index is 10.7. The summed E-state index contributed by atoms with van der Waals surface area (Å²) in [5.41, 5.74) is 7.24. The predicted octanol–water partition coefficient (Wildman–Crippen LogP) is 0.581. The van der Waals surface area contributed by atoms with Gasteiger partial charge in [-0.2, -0.15) is 5.26 Å². The Morgan fingerprint density at radius 1 is 1.31 bits per heavy atom. The smallest absolute Gasteiger partial charge is 0.144 e. The molecule has 2 N–H and O–H groups in total. The summed E-state index contributed by atoms with van der Waals surface area (Å²) in [6, 6.07) is 8.79. The van der Waals surface area contributed by atoms with E-state index in [0.29, 0.717) is 12.8 Å². The molecule has 86 valence electrons. The van der Waals surface area contributed by atoms with Crippen LogP contribution in [0.15, 0.2) is 24.3 Å². The van der Waals surface area contributed by atoms with Crippen LogP contribution < -0.4 is 5.73 Å². The maximum absolute atomic E-state index is 10.7. The standard InChI is InChI=1S/C11H14N2O2S/c12-7-11(13)6-5-9-3-1-2-4-10(9)8-16(14)15/h1-4,11,16H,5-6,8,13H2. The molecule has 0 spiro atoms. The third-order valence-corrected chi connectivity index (χ3v) is 2.91. The summed E-state index contributed by atoms with van der Waals surface area (Å²) in [6.45, 7) is 0. The van der Waals surface area contributed by atoms with Crippen LogP contribution in [0.25, 0.3) is 0 Å². The first-order valence-electron chi connectivity index (χ1n) is 4.97. The first kappa shape index (κ1) is 12.7. The summed E-state index contributed by atoms with van der Waals surface area (Å²) in [4.78, 5) is 0. The summed E-state index contributed by atoms with van der Waals surface area (Å²) >= 11 is 0. The molecule has 0 saturated carbocycles. The van der Waals surface area contributed by atoms with Crippen molar-refractivity contribution < 1.29 is 8.42 Å². The molecule has 0 fully saturated rings. The molecule has 0 amide bonds. The topological polar surface area (TPSA) is 83.9 Å². The van der Waals surface area contributed by atoms with Crippen molar-refractivity contribution in [3.8, 4) is 6.07 Å². The molecule has 1 unspecified atom stereocenters. The molecule has 1 aromatic carbocycles. The third kappa shape index (κ3) is 4.01. The number of nitrogens with zero attached hydrogens (tertiary/aromatic N) is 1. The lowest BCUT2D eigenvalue weighted by molar-refractivity contribution is 0.613. The van der Waals surface area contributed by atoms with Gasteiger partial charge in [0.1, 0.15) is 10.7 Å². The Hall–Kier alpha value is -1.38. The molecule has 5 heteroatoms. The number of thiol groups is 1. The van der Waals surface area contributed by atoms with Crippen molar-refractivity contribution in [2.75, 3.05) is 0 Å². The van der Waals surface area contributed by atoms with E-state index in [1.807, 2.05) is 24.3 Å². The second-order valence-corrected chi connectivity index (χ2v) is 4.52. The lowest BCUT2D eigenvalue weighted by Crippen LogP contribution is -2.18. The van der Waals surface area contributed by atoms with Gasteiger partial charge in [0.15, 0.2) is 0 Å². The van der Waals surface area contributed by atoms with Gasteiger partial charge in [-0.1, -0.05) is 24.3 Å². The maximum Gasteiger partial charge on any atom is 0.144 e. The van der Waals surface area contributed by atoms with Crippen LogP contribution in [0.4, 0.5) is 0 Å². The first-order chi connectivity index (χ1) is 7.63. The highest BCUT2D eigenvalue weighted by atomic mass is 32.2. The molecule has 1 aromatic rings. The predicted molar refractivity (Wildman–Crippen MR) is 62.4 cm³/mol. The average molecular weight is 238 g/mol. The SMILES string of the molecule is N#CC(N)CCc1ccccc1C[SH](=O)=O. The van der Waals surface area contributed by atoms with Gasteiger partial charge in [-0.3, -0.25) is 0 Å². The third-order valence-electron chi connectivity index (χ3n) is 2.31. The Morgan fingerprint density at radius 2 is 1.94 bits per heavy atom. The van der Waals surface area contributed by atoms with Gasteiger partial charge in [-0.15, -0.1) is 0 Å². The van der Waals surface area contributed by atoms with Gasteiger partial charge >= 0.3 is 0 Å². The second kappa shape index (κ2) is 6.26. The number of aryl methyl sites for hydroxylation is 1. The molecule has 0 saturated heterocycles. The normalized spacial score (nSPS) is 12.3. The first-order valence-corrected chi connectivity index (χ1v) is 6.33. The number of hydrogen-bond donors (Lipinski definition) is 2. The van der Waals surface area contributed by atoms with Crippen LogP contribution in [-0.4, -0.2) is 14.5 Å². The van der Waals surface area contributed by atoms with Crippen LogP contribution in [0.5, 0.6) is 0 Å². The molecule has 0 aromatic heterocycles. The molecule has 0 radical (unpaired) electrons. The van der Waals surface area contributed by atoms with Gasteiger partial charge in [0, 0.05) is 0 Å². The van der Waals surface area contributed by atoms with Crippen molar-refractivity contribution in [1.29, 1.82) is 5.26 Å². The monoisotopic (exact) mass is 238 g/mol. The van der Waals surface area contributed by atoms with E-state index in [9.17, 15) is 8.42 Å². The number of benzene rings is 1. The molecule has 16 heavy (non-hydrogen) atoms. The van der Waals surface area contributed by atoms with Gasteiger partial charge in [-0.05, 0) is 24.0 Å². The summed E-state index contributed by atoms with van der Waals surface area (Å²) in [7, 11) is -2.42. The number of nitriles is 1. The van der Waals surface area contributed by atoms with Crippen molar-refractivity contribution in [2.45, 2.75) is 24.6 Å². The van der Waals surface area contributed by atoms with Gasteiger partial charge in [0.25, 0.3) is 0 Å². The number of hydrogen-bond acceptors (Lipinski definition) is 4. The average Bonchev–Trinajstić information content (AvgIpc) is 2.26. The Balaban J connectivity index is 2.75. The lowest BCUT2D eigenvalue weighted by Gasteiger charge is -2.07. The molecule has 0 aliphatic rings. The van der Waals surface area contributed by atoms with Crippen molar-refractivity contribution in [3.63, 3.8) is 0 Å². The molecule has 0 heterocycles. The Labute approximate surface area is 96.6 Å². The van der Waals surface area contributed by atoms with Crippen LogP contribution in [0.2, 0.25) is 0 Å². The second-order valence-electron chi connectivity index (χ2n) is 3.53. The van der Waals surface area contributed by atoms with E-state index in [1.54, 1.807) is 6.07 Å². The van der Waals surface area contributed by atoms with Crippen molar-refractivity contribution in [3.05, 3.63) is 35.4 Å². The Bertz CT molecular complexity index is 455. The van der Waals surface area contributed by atoms with Crippen LogP contribution >= 0.6 is 0 Å². The van der Waals surface area contributed by atoms with E-state index in [1.165, 1.54) is 0 Å². The van der Waals surface area contributed by atoms with Gasteiger partial charge in [0.05, 0.1) is 17.9 Å². The van der Waals surface area contributed by atoms with Crippen molar-refractivity contribution in [1.82, 2.24) is 0 Å². The molecule has 0 bridgehead atoms. The zero-order valence-electron chi connectivity index (χ0n) is 8.80. The van der Waals surface area contributed by atoms with Gasteiger partial charge in [0.2, 0.25) is 0 Å². The minimum absolute atomic E-state index is 0.0489. The number of rotatable bonds is 5. The zero-order chi connectivity index (χ0) is 12.0. The van der Waals surface area contributed by atoms with Crippen LogP contribution in [0.3, 0.4) is 0 Å². The summed E-state index contributed by atoms with van der Waals surface area (Å²) in [5, 5.41) is 8.56. The van der Waals surface area contributed by atoms with Gasteiger partial charge in [-0.25, -0.2) is 8.42 Å². The largest absolute Gasteiger partial charge is 0.316 e. The molecular formula is C11H14N2O2S. The fourth-order valence-electron chi connectivity index (χ4n) is 1.47. The highest BCUT2D eigenvalue weighted by Gasteiger charge is 2.05. The minimum atomic E-state index is -2.42. The molecule has 4 nitrogen and oxygen atoms in total. The highest BCUT2D eigenvalue weighted by Crippen LogP contribution is 2.12. The summed E-state index contributed by atoms with van der Waals surface area (Å²) in [5.74, 6) is 0.0489. The van der Waals surface area contributed by atoms with E-state index in [0.717, 1.165) is 11.1 Å². The molecule has 1 rings (SSSR count). The van der Waals surface area contributed by atoms with E-state index < -0.39 is 16.7 Å². The molecule has 1 atom stereocenters. The molecule has 0 aliphatic carbocycles. The number of nitrogens with two attached hydrogens (primary N) is 1. The van der Waals surface area contributed by atoms with E-state index >= 15 is 0 Å². The summed E-state index contributed by atoms with van der Waals surface area (Å²) < 4.78 is 21.4. The highest BCUT2D eigenvalue weighted by molar-refractivity contribution is 7.71. The van der Waals surface area contributed by atoms with Crippen molar-refractivity contribution >= 4 is 10.7 Å². The minimum Gasteiger partial charge on any atom is -0.316 e. The van der Waals surface area contributed by atoms with Crippen molar-refractivity contribution in [2.24, 2.45) is 5.73 Å². The van der Waals surface area contributed by atoms with Crippen LogP contribution in [0.1, 0.15) is 17.5 Å². The quantitative estimate of drug-likeness (QED) is 0.735. The fraction of sp³-hybridized carbons (Fsp3) is 0.364. The van der Waals surface area contributed by atoms with Gasteiger partial charge < -0.3 is 5.73 Å². The van der Waals surface area contributed by atoms with E-state index in [4.69, 9.17) is 11.0 Å². The Morgan fingerprint density at radius 3 is 2.50 bits per heavy atom. The zero-order valence-corrected chi connectivity index (χ0v) is 9.69. The van der Waals surface area contributed by atoms with E-state index in [-0.39, 0.29) is 5.75 Å². The molecule has 0 aliphatic heterocycles. The molecular weight excluding hydrogens is 224 g/mol. The van der Waals surface area contributed by atoms with Crippen LogP contribution in [0, 0.1) is 11.3 Å².